The third kappa shape index (κ3) is 11.2. The van der Waals surface area contributed by atoms with E-state index in [4.69, 9.17) is 37.9 Å². The lowest BCUT2D eigenvalue weighted by atomic mass is 9.72. The van der Waals surface area contributed by atoms with Crippen molar-refractivity contribution in [1.29, 1.82) is 0 Å². The highest BCUT2D eigenvalue weighted by Crippen LogP contribution is 2.44. The normalized spacial score (nSPS) is 49.6. The van der Waals surface area contributed by atoms with E-state index in [0.29, 0.717) is 6.42 Å². The summed E-state index contributed by atoms with van der Waals surface area (Å²) in [7, 11) is 0. The molecule has 7 fully saturated rings. The van der Waals surface area contributed by atoms with Crippen molar-refractivity contribution in [3.05, 3.63) is 12.2 Å². The first-order valence-corrected chi connectivity index (χ1v) is 22.1. The average Bonchev–Trinajstić information content (AvgIpc) is 3.25. The van der Waals surface area contributed by atoms with Gasteiger partial charge >= 0.3 is 5.97 Å². The van der Waals surface area contributed by atoms with Gasteiger partial charge in [-0.25, -0.2) is 4.79 Å². The molecule has 7 rings (SSSR count). The van der Waals surface area contributed by atoms with Gasteiger partial charge in [0.25, 0.3) is 0 Å². The predicted molar refractivity (Wildman–Crippen MR) is 205 cm³/mol. The number of rotatable bonds is 12. The first-order chi connectivity index (χ1) is 29.6. The number of fused-ring (bicyclic) bond motifs is 1. The van der Waals surface area contributed by atoms with E-state index in [1.807, 2.05) is 0 Å². The molecule has 23 atom stereocenters. The summed E-state index contributed by atoms with van der Waals surface area (Å²) < 4.78 is 47.5. The van der Waals surface area contributed by atoms with E-state index >= 15 is 0 Å². The maximum absolute atomic E-state index is 12.5. The summed E-state index contributed by atoms with van der Waals surface area (Å²) in [6.07, 6.45) is -20.2. The van der Waals surface area contributed by atoms with Gasteiger partial charge < -0.3 is 99.2 Å². The minimum Gasteiger partial charge on any atom is -0.460 e. The number of aliphatic hydroxyl groups is 12. The maximum atomic E-state index is 12.5. The minimum atomic E-state index is -1.89. The van der Waals surface area contributed by atoms with Crippen LogP contribution in [0.25, 0.3) is 0 Å². The van der Waals surface area contributed by atoms with Gasteiger partial charge in [-0.05, 0) is 63.2 Å². The van der Waals surface area contributed by atoms with Crippen LogP contribution in [0.3, 0.4) is 0 Å². The van der Waals surface area contributed by atoms with Gasteiger partial charge in [-0.3, -0.25) is 0 Å². The highest BCUT2D eigenvalue weighted by Gasteiger charge is 2.55. The molecule has 4 heterocycles. The molecule has 0 amide bonds. The van der Waals surface area contributed by atoms with Crippen LogP contribution in [0, 0.1) is 17.8 Å². The second kappa shape index (κ2) is 21.4. The van der Waals surface area contributed by atoms with Gasteiger partial charge in [0, 0.05) is 12.0 Å². The van der Waals surface area contributed by atoms with Gasteiger partial charge in [-0.1, -0.05) is 25.3 Å². The molecular formula is C41H66O21. The highest BCUT2D eigenvalue weighted by molar-refractivity contribution is 5.81. The summed E-state index contributed by atoms with van der Waals surface area (Å²) in [4.78, 5) is 12.5. The quantitative estimate of drug-likeness (QED) is 0.0655. The van der Waals surface area contributed by atoms with Crippen molar-refractivity contribution in [2.75, 3.05) is 19.8 Å². The minimum absolute atomic E-state index is 0.0822. The molecule has 356 valence electrons. The van der Waals surface area contributed by atoms with Gasteiger partial charge in [0.15, 0.2) is 18.9 Å². The second-order valence-electron chi connectivity index (χ2n) is 18.2. The van der Waals surface area contributed by atoms with E-state index in [1.165, 1.54) is 6.08 Å². The lowest BCUT2D eigenvalue weighted by Gasteiger charge is -2.51. The Bertz CT molecular complexity index is 1450. The van der Waals surface area contributed by atoms with Crippen LogP contribution in [-0.2, 0) is 42.7 Å². The Morgan fingerprint density at radius 2 is 1.27 bits per heavy atom. The molecule has 0 bridgehead atoms. The molecule has 21 heteroatoms. The largest absolute Gasteiger partial charge is 0.460 e. The SMILES string of the molecule is O=C(C=CC1CCCCC1)OC[C@H]1O[C@@H](OC[C@H]2O[C@@H](OC3CC4C(O)CC(O)CC4OC3C3CCC(O)C(O)C3)[C@H](O[C@@H]3OC[C@@H](O)[C@H](O)[C@H]3O)[C@@H](O)[C@H]2O)[C@H](O)[C@@H](O)[C@@H]1O. The molecule has 0 aromatic carbocycles. The smallest absolute Gasteiger partial charge is 0.330 e. The monoisotopic (exact) mass is 894 g/mol. The summed E-state index contributed by atoms with van der Waals surface area (Å²) in [5, 5.41) is 129. The van der Waals surface area contributed by atoms with Crippen LogP contribution in [-0.4, -0.2) is 216 Å². The Morgan fingerprint density at radius 1 is 0.581 bits per heavy atom. The Balaban J connectivity index is 1.07. The van der Waals surface area contributed by atoms with Crippen LogP contribution in [0.1, 0.15) is 70.6 Å². The lowest BCUT2D eigenvalue weighted by Crippen LogP contribution is -2.65. The van der Waals surface area contributed by atoms with Crippen LogP contribution in [0.15, 0.2) is 12.2 Å². The molecule has 4 aliphatic heterocycles. The fourth-order valence-corrected chi connectivity index (χ4v) is 10.1. The fraction of sp³-hybridized carbons (Fsp3) is 0.927. The molecule has 4 saturated heterocycles. The topological polar surface area (TPSA) is 334 Å². The molecule has 0 aromatic rings. The van der Waals surface area contributed by atoms with Crippen molar-refractivity contribution in [1.82, 2.24) is 0 Å². The first kappa shape index (κ1) is 48.4. The van der Waals surface area contributed by atoms with Crippen LogP contribution in [0.4, 0.5) is 0 Å². The number of carbonyl (C=O) groups excluding carboxylic acids is 1. The molecule has 9 unspecified atom stereocenters. The van der Waals surface area contributed by atoms with Gasteiger partial charge in [-0.2, -0.15) is 0 Å². The average molecular weight is 895 g/mol. The number of hydrogen-bond acceptors (Lipinski definition) is 21. The van der Waals surface area contributed by atoms with E-state index in [1.54, 1.807) is 6.08 Å². The fourth-order valence-electron chi connectivity index (χ4n) is 10.1. The standard InChI is InChI=1S/C41H66O21/c42-19-11-22(44)20-13-26(37(58-25(20)12-19)18-7-8-21(43)23(45)10-18)59-41-38(62-40-35(53)30(48)24(46)14-56-40)34(52)32(50)28(61-41)16-57-39-36(54)33(51)31(49)27(60-39)15-55-29(47)9-6-17-4-2-1-3-5-17/h6,9,17-28,30-46,48-54H,1-5,7-8,10-16H2/t18?,19?,20?,21?,22?,23?,24-,25?,26?,27-,28-,30+,31-,32+,33+,34+,35-,36-,37?,38-,39-,40+,41-/m1/s1. The van der Waals surface area contributed by atoms with Crippen molar-refractivity contribution >= 4 is 5.97 Å². The Kier molecular flexibility index (Phi) is 16.7. The Hall–Kier alpha value is -1.55. The van der Waals surface area contributed by atoms with Crippen molar-refractivity contribution in [3.63, 3.8) is 0 Å². The molecule has 0 radical (unpaired) electrons. The third-order valence-electron chi connectivity index (χ3n) is 13.8. The molecule has 0 aromatic heterocycles. The van der Waals surface area contributed by atoms with Gasteiger partial charge in [-0.15, -0.1) is 0 Å². The third-order valence-corrected chi connectivity index (χ3v) is 13.8. The zero-order valence-electron chi connectivity index (χ0n) is 34.5. The van der Waals surface area contributed by atoms with Crippen molar-refractivity contribution in [3.8, 4) is 0 Å². The van der Waals surface area contributed by atoms with Gasteiger partial charge in [0.05, 0.1) is 55.9 Å². The Morgan fingerprint density at radius 3 is 2.02 bits per heavy atom. The summed E-state index contributed by atoms with van der Waals surface area (Å²) in [6, 6.07) is 0. The van der Waals surface area contributed by atoms with Crippen LogP contribution < -0.4 is 0 Å². The molecule has 21 nitrogen and oxygen atoms in total. The predicted octanol–water partition coefficient (Wildman–Crippen LogP) is -4.04. The van der Waals surface area contributed by atoms with Crippen LogP contribution in [0.2, 0.25) is 0 Å². The van der Waals surface area contributed by atoms with E-state index in [2.05, 4.69) is 0 Å². The lowest BCUT2D eigenvalue weighted by molar-refractivity contribution is -0.376. The number of allylic oxidation sites excluding steroid dienone is 1. The second-order valence-corrected chi connectivity index (χ2v) is 18.2. The van der Waals surface area contributed by atoms with Crippen molar-refractivity contribution in [2.24, 2.45) is 17.8 Å². The van der Waals surface area contributed by atoms with Crippen molar-refractivity contribution < 1.29 is 104 Å². The number of aliphatic hydroxyl groups excluding tert-OH is 12. The van der Waals surface area contributed by atoms with E-state index in [0.717, 1.165) is 32.1 Å². The van der Waals surface area contributed by atoms with Crippen molar-refractivity contribution in [2.45, 2.75) is 199 Å². The molecular weight excluding hydrogens is 828 g/mol. The number of carbonyl (C=O) groups is 1. The molecule has 0 spiro atoms. The van der Waals surface area contributed by atoms with E-state index < -0.39 is 160 Å². The molecule has 3 aliphatic carbocycles. The van der Waals surface area contributed by atoms with Gasteiger partial charge in [0.1, 0.15) is 73.8 Å². The summed E-state index contributed by atoms with van der Waals surface area (Å²) in [5.41, 5.74) is 0. The summed E-state index contributed by atoms with van der Waals surface area (Å²) in [5.74, 6) is -1.35. The zero-order chi connectivity index (χ0) is 44.4. The zero-order valence-corrected chi connectivity index (χ0v) is 34.5. The maximum Gasteiger partial charge on any atom is 0.330 e. The summed E-state index contributed by atoms with van der Waals surface area (Å²) >= 11 is 0. The molecule has 7 aliphatic rings. The summed E-state index contributed by atoms with van der Waals surface area (Å²) in [6.45, 7) is -1.61. The van der Waals surface area contributed by atoms with E-state index in [9.17, 15) is 66.1 Å². The number of ether oxygens (including phenoxy) is 8. The number of esters is 1. The van der Waals surface area contributed by atoms with Crippen LogP contribution >= 0.6 is 0 Å². The first-order valence-electron chi connectivity index (χ1n) is 22.1. The highest BCUT2D eigenvalue weighted by atomic mass is 16.8. The Labute approximate surface area is 358 Å². The van der Waals surface area contributed by atoms with Gasteiger partial charge in [0.2, 0.25) is 0 Å². The molecule has 12 N–H and O–H groups in total. The number of hydrogen-bond donors (Lipinski definition) is 12. The molecule has 3 saturated carbocycles. The van der Waals surface area contributed by atoms with Crippen LogP contribution in [0.5, 0.6) is 0 Å². The van der Waals surface area contributed by atoms with E-state index in [-0.39, 0.29) is 43.9 Å². The molecule has 62 heavy (non-hydrogen) atoms.